The second-order valence-electron chi connectivity index (χ2n) is 9.90. The molecule has 2 aromatic carbocycles. The van der Waals surface area contributed by atoms with Crippen LogP contribution in [-0.2, 0) is 16.1 Å². The SMILES string of the molecule is CN1C(=O)[C@@H](N(C(N)=O)c2ccc(CN3CCOCC3)cc2)N=C(C2CCCCC2)c2ccccc21. The van der Waals surface area contributed by atoms with Crippen molar-refractivity contribution in [2.24, 2.45) is 16.6 Å². The molecule has 0 aromatic heterocycles. The Balaban J connectivity index is 1.49. The van der Waals surface area contributed by atoms with E-state index in [1.54, 1.807) is 11.9 Å². The van der Waals surface area contributed by atoms with Crippen LogP contribution in [0.25, 0.3) is 0 Å². The minimum absolute atomic E-state index is 0.257. The maximum atomic E-state index is 13.7. The van der Waals surface area contributed by atoms with E-state index in [4.69, 9.17) is 15.5 Å². The zero-order chi connectivity index (χ0) is 25.1. The Hall–Kier alpha value is -3.23. The van der Waals surface area contributed by atoms with Crippen LogP contribution in [0.3, 0.4) is 0 Å². The van der Waals surface area contributed by atoms with Gasteiger partial charge in [-0.15, -0.1) is 0 Å². The van der Waals surface area contributed by atoms with Crippen molar-refractivity contribution >= 4 is 29.0 Å². The number of aliphatic imine (C=N–C) groups is 1. The van der Waals surface area contributed by atoms with E-state index in [1.165, 1.54) is 11.3 Å². The van der Waals surface area contributed by atoms with Crippen LogP contribution in [-0.4, -0.2) is 62.1 Å². The van der Waals surface area contributed by atoms with E-state index >= 15 is 0 Å². The van der Waals surface area contributed by atoms with Gasteiger partial charge in [-0.3, -0.25) is 19.6 Å². The molecule has 8 nitrogen and oxygen atoms in total. The molecule has 1 saturated heterocycles. The lowest BCUT2D eigenvalue weighted by Crippen LogP contribution is -2.51. The Bertz CT molecular complexity index is 1120. The standard InChI is InChI=1S/C28H35N5O3/c1-31-24-10-6-5-9-23(24)25(21-7-3-2-4-8-21)30-26(27(31)34)33(28(29)35)22-13-11-20(12-14-22)19-32-15-17-36-18-16-32/h5-6,9-14,21,26H,2-4,7-8,15-19H2,1H3,(H2,29,35)/t26-/m1/s1. The fourth-order valence-corrected chi connectivity index (χ4v) is 5.57. The number of nitrogens with two attached hydrogens (primary N) is 1. The van der Waals surface area contributed by atoms with Crippen molar-refractivity contribution in [1.29, 1.82) is 0 Å². The second kappa shape index (κ2) is 10.8. The highest BCUT2D eigenvalue weighted by atomic mass is 16.5. The Labute approximate surface area is 212 Å². The molecule has 0 radical (unpaired) electrons. The lowest BCUT2D eigenvalue weighted by atomic mass is 9.83. The van der Waals surface area contributed by atoms with Crippen LogP contribution in [0.4, 0.5) is 16.2 Å². The molecule has 0 spiro atoms. The number of amides is 3. The third-order valence-electron chi connectivity index (χ3n) is 7.55. The molecule has 36 heavy (non-hydrogen) atoms. The number of benzene rings is 2. The Kier molecular flexibility index (Phi) is 7.34. The molecular formula is C28H35N5O3. The number of primary amides is 1. The van der Waals surface area contributed by atoms with E-state index in [0.717, 1.165) is 81.1 Å². The number of rotatable bonds is 5. The summed E-state index contributed by atoms with van der Waals surface area (Å²) in [6, 6.07) is 14.9. The molecule has 1 atom stereocenters. The van der Waals surface area contributed by atoms with Crippen molar-refractivity contribution in [2.45, 2.75) is 44.8 Å². The molecule has 0 bridgehead atoms. The highest BCUT2D eigenvalue weighted by molar-refractivity contribution is 6.15. The minimum Gasteiger partial charge on any atom is -0.379 e. The summed E-state index contributed by atoms with van der Waals surface area (Å²) >= 11 is 0. The number of benzodiazepines with no additional fused rings is 1. The number of ether oxygens (including phenoxy) is 1. The van der Waals surface area contributed by atoms with Crippen molar-refractivity contribution in [3.63, 3.8) is 0 Å². The number of nitrogens with zero attached hydrogens (tertiary/aromatic N) is 4. The zero-order valence-corrected chi connectivity index (χ0v) is 20.9. The number of anilines is 2. The molecule has 5 rings (SSSR count). The van der Waals surface area contributed by atoms with Crippen LogP contribution in [0.2, 0.25) is 0 Å². The smallest absolute Gasteiger partial charge is 0.321 e. The molecule has 2 aromatic rings. The fraction of sp³-hybridized carbons (Fsp3) is 0.464. The monoisotopic (exact) mass is 489 g/mol. The molecule has 8 heteroatoms. The normalized spacial score (nSPS) is 21.5. The first-order valence-corrected chi connectivity index (χ1v) is 13.0. The van der Waals surface area contributed by atoms with E-state index in [-0.39, 0.29) is 11.8 Å². The summed E-state index contributed by atoms with van der Waals surface area (Å²) in [5.41, 5.74) is 10.3. The van der Waals surface area contributed by atoms with E-state index < -0.39 is 12.2 Å². The summed E-state index contributed by atoms with van der Waals surface area (Å²) < 4.78 is 5.44. The lowest BCUT2D eigenvalue weighted by molar-refractivity contribution is -0.119. The number of urea groups is 1. The average Bonchev–Trinajstić information content (AvgIpc) is 3.01. The molecule has 2 heterocycles. The maximum absolute atomic E-state index is 13.7. The van der Waals surface area contributed by atoms with E-state index in [2.05, 4.69) is 4.90 Å². The van der Waals surface area contributed by atoms with Crippen LogP contribution >= 0.6 is 0 Å². The van der Waals surface area contributed by atoms with Crippen molar-refractivity contribution in [3.8, 4) is 0 Å². The minimum atomic E-state index is -1.05. The van der Waals surface area contributed by atoms with E-state index in [0.29, 0.717) is 5.69 Å². The Morgan fingerprint density at radius 3 is 2.44 bits per heavy atom. The van der Waals surface area contributed by atoms with E-state index in [9.17, 15) is 9.59 Å². The molecule has 1 aliphatic carbocycles. The molecule has 190 valence electrons. The van der Waals surface area contributed by atoms with Gasteiger partial charge in [-0.2, -0.15) is 0 Å². The number of carbonyl (C=O) groups excluding carboxylic acids is 2. The second-order valence-corrected chi connectivity index (χ2v) is 9.90. The van der Waals surface area contributed by atoms with Gasteiger partial charge in [0.15, 0.2) is 0 Å². The fourth-order valence-electron chi connectivity index (χ4n) is 5.57. The Morgan fingerprint density at radius 1 is 1.06 bits per heavy atom. The highest BCUT2D eigenvalue weighted by Crippen LogP contribution is 2.35. The van der Waals surface area contributed by atoms with Crippen LogP contribution in [0.1, 0.15) is 43.2 Å². The van der Waals surface area contributed by atoms with Gasteiger partial charge in [-0.1, -0.05) is 49.6 Å². The molecule has 3 amide bonds. The summed E-state index contributed by atoms with van der Waals surface area (Å²) in [6.45, 7) is 4.10. The van der Waals surface area contributed by atoms with Gasteiger partial charge < -0.3 is 15.4 Å². The van der Waals surface area contributed by atoms with Crippen LogP contribution in [0, 0.1) is 5.92 Å². The summed E-state index contributed by atoms with van der Waals surface area (Å²) in [5, 5.41) is 0. The first kappa shape index (κ1) is 24.5. The van der Waals surface area contributed by atoms with Gasteiger partial charge in [0, 0.05) is 43.9 Å². The number of hydrogen-bond acceptors (Lipinski definition) is 5. The first-order valence-electron chi connectivity index (χ1n) is 13.0. The number of likely N-dealkylation sites (N-methyl/N-ethyl adjacent to an activating group) is 1. The van der Waals surface area contributed by atoms with Crippen LogP contribution in [0.5, 0.6) is 0 Å². The van der Waals surface area contributed by atoms with Crippen molar-refractivity contribution in [1.82, 2.24) is 4.90 Å². The first-order chi connectivity index (χ1) is 17.5. The topological polar surface area (TPSA) is 91.5 Å². The van der Waals surface area contributed by atoms with Crippen LogP contribution in [0.15, 0.2) is 53.5 Å². The number of para-hydroxylation sites is 1. The molecule has 2 fully saturated rings. The third kappa shape index (κ3) is 5.01. The zero-order valence-electron chi connectivity index (χ0n) is 20.9. The highest BCUT2D eigenvalue weighted by Gasteiger charge is 2.38. The van der Waals surface area contributed by atoms with Gasteiger partial charge in [-0.25, -0.2) is 4.79 Å². The van der Waals surface area contributed by atoms with Gasteiger partial charge in [0.25, 0.3) is 5.91 Å². The number of carbonyl (C=O) groups is 2. The van der Waals surface area contributed by atoms with Gasteiger partial charge in [0.1, 0.15) is 0 Å². The average molecular weight is 490 g/mol. The number of fused-ring (bicyclic) bond motifs is 1. The summed E-state index contributed by atoms with van der Waals surface area (Å²) in [5.74, 6) is -0.0169. The molecule has 3 aliphatic rings. The largest absolute Gasteiger partial charge is 0.379 e. The third-order valence-corrected chi connectivity index (χ3v) is 7.55. The van der Waals surface area contributed by atoms with Crippen molar-refractivity contribution in [3.05, 3.63) is 59.7 Å². The number of morpholine rings is 1. The summed E-state index contributed by atoms with van der Waals surface area (Å²) in [6.07, 6.45) is 4.52. The predicted octanol–water partition coefficient (Wildman–Crippen LogP) is 3.78. The predicted molar refractivity (Wildman–Crippen MR) is 141 cm³/mol. The maximum Gasteiger partial charge on any atom is 0.321 e. The van der Waals surface area contributed by atoms with Crippen LogP contribution < -0.4 is 15.5 Å². The lowest BCUT2D eigenvalue weighted by Gasteiger charge is -2.30. The summed E-state index contributed by atoms with van der Waals surface area (Å²) in [7, 11) is 1.75. The van der Waals surface area contributed by atoms with Gasteiger partial charge in [0.2, 0.25) is 6.17 Å². The van der Waals surface area contributed by atoms with Gasteiger partial charge in [0.05, 0.1) is 24.6 Å². The molecule has 2 aliphatic heterocycles. The summed E-state index contributed by atoms with van der Waals surface area (Å²) in [4.78, 5) is 36.8. The van der Waals surface area contributed by atoms with Crippen molar-refractivity contribution < 1.29 is 14.3 Å². The van der Waals surface area contributed by atoms with E-state index in [1.807, 2.05) is 48.5 Å². The molecule has 1 saturated carbocycles. The Morgan fingerprint density at radius 2 is 1.75 bits per heavy atom. The van der Waals surface area contributed by atoms with Crippen molar-refractivity contribution in [2.75, 3.05) is 43.2 Å². The van der Waals surface area contributed by atoms with Gasteiger partial charge in [-0.05, 0) is 36.6 Å². The molecule has 0 unspecified atom stereocenters. The quantitative estimate of drug-likeness (QED) is 0.692. The van der Waals surface area contributed by atoms with Gasteiger partial charge >= 0.3 is 6.03 Å². The molecular weight excluding hydrogens is 454 g/mol. The number of hydrogen-bond donors (Lipinski definition) is 1. The molecule has 2 N–H and O–H groups in total.